The predicted molar refractivity (Wildman–Crippen MR) is 34.3 cm³/mol. The molecule has 0 radical (unpaired) electrons. The summed E-state index contributed by atoms with van der Waals surface area (Å²) in [6.07, 6.45) is 1.69. The minimum atomic E-state index is 0. The summed E-state index contributed by atoms with van der Waals surface area (Å²) in [4.78, 5) is 0. The number of aromatic nitrogens is 1. The van der Waals surface area contributed by atoms with Gasteiger partial charge < -0.3 is 9.84 Å². The minimum Gasteiger partial charge on any atom is -0.364 e. The third-order valence-corrected chi connectivity index (χ3v) is 1.34. The van der Waals surface area contributed by atoms with E-state index in [1.165, 1.54) is 5.56 Å². The molecule has 0 saturated heterocycles. The third kappa shape index (κ3) is 0.930. The number of fused-ring (bicyclic) bond motifs is 1. The summed E-state index contributed by atoms with van der Waals surface area (Å²) in [7, 11) is 0. The van der Waals surface area contributed by atoms with Crippen LogP contribution in [0.2, 0.25) is 0 Å². The molecular weight excluding hydrogens is 140 g/mol. The second-order valence-corrected chi connectivity index (χ2v) is 1.89. The van der Waals surface area contributed by atoms with E-state index in [-0.39, 0.29) is 12.4 Å². The molecule has 1 aromatic heterocycles. The SMILES string of the molecule is Cl.c1onc2c1CNC2. The molecule has 0 fully saturated rings. The molecule has 0 spiro atoms. The van der Waals surface area contributed by atoms with E-state index in [1.54, 1.807) is 6.26 Å². The molecule has 1 aromatic rings. The van der Waals surface area contributed by atoms with Gasteiger partial charge in [0.2, 0.25) is 0 Å². The molecular formula is C5H7ClN2O. The molecule has 0 bridgehead atoms. The normalized spacial score (nSPS) is 14.7. The van der Waals surface area contributed by atoms with Gasteiger partial charge in [-0.1, -0.05) is 5.16 Å². The van der Waals surface area contributed by atoms with Crippen LogP contribution in [0.3, 0.4) is 0 Å². The van der Waals surface area contributed by atoms with E-state index in [9.17, 15) is 0 Å². The number of nitrogens with zero attached hydrogens (tertiary/aromatic N) is 1. The first-order valence-electron chi connectivity index (χ1n) is 2.59. The fourth-order valence-electron chi connectivity index (χ4n) is 0.885. The van der Waals surface area contributed by atoms with Crippen molar-refractivity contribution in [1.29, 1.82) is 0 Å². The maximum absolute atomic E-state index is 4.70. The highest BCUT2D eigenvalue weighted by molar-refractivity contribution is 5.85. The van der Waals surface area contributed by atoms with Crippen molar-refractivity contribution in [2.24, 2.45) is 0 Å². The minimum absolute atomic E-state index is 0. The quantitative estimate of drug-likeness (QED) is 0.586. The van der Waals surface area contributed by atoms with Gasteiger partial charge in [0.05, 0.1) is 0 Å². The highest BCUT2D eigenvalue weighted by Crippen LogP contribution is 2.10. The molecule has 50 valence electrons. The molecule has 2 heterocycles. The summed E-state index contributed by atoms with van der Waals surface area (Å²) < 4.78 is 4.70. The van der Waals surface area contributed by atoms with Crippen molar-refractivity contribution in [3.8, 4) is 0 Å². The Morgan fingerprint density at radius 1 is 1.56 bits per heavy atom. The fourth-order valence-corrected chi connectivity index (χ4v) is 0.885. The zero-order chi connectivity index (χ0) is 5.40. The number of hydrogen-bond donors (Lipinski definition) is 1. The molecule has 1 N–H and O–H groups in total. The molecule has 0 aliphatic carbocycles. The third-order valence-electron chi connectivity index (χ3n) is 1.34. The molecule has 3 nitrogen and oxygen atoms in total. The van der Waals surface area contributed by atoms with E-state index in [2.05, 4.69) is 10.5 Å². The Morgan fingerprint density at radius 3 is 3.22 bits per heavy atom. The molecule has 0 aromatic carbocycles. The van der Waals surface area contributed by atoms with Crippen LogP contribution in [-0.4, -0.2) is 5.16 Å². The standard InChI is InChI=1S/C5H6N2O.ClH/c1-4-3-8-7-5(4)2-6-1;/h3,6H,1-2H2;1H. The van der Waals surface area contributed by atoms with E-state index in [0.717, 1.165) is 18.8 Å². The lowest BCUT2D eigenvalue weighted by molar-refractivity contribution is 0.405. The van der Waals surface area contributed by atoms with Crippen molar-refractivity contribution in [1.82, 2.24) is 10.5 Å². The fraction of sp³-hybridized carbons (Fsp3) is 0.400. The first-order chi connectivity index (χ1) is 3.97. The van der Waals surface area contributed by atoms with Crippen LogP contribution in [-0.2, 0) is 13.1 Å². The van der Waals surface area contributed by atoms with Gasteiger partial charge in [0, 0.05) is 18.7 Å². The highest BCUT2D eigenvalue weighted by atomic mass is 35.5. The largest absolute Gasteiger partial charge is 0.364 e. The Morgan fingerprint density at radius 2 is 2.44 bits per heavy atom. The maximum Gasteiger partial charge on any atom is 0.128 e. The van der Waals surface area contributed by atoms with Gasteiger partial charge in [-0.25, -0.2) is 0 Å². The Hall–Kier alpha value is -0.540. The van der Waals surface area contributed by atoms with Crippen molar-refractivity contribution >= 4 is 12.4 Å². The van der Waals surface area contributed by atoms with Crippen molar-refractivity contribution in [2.75, 3.05) is 0 Å². The van der Waals surface area contributed by atoms with Crippen LogP contribution in [0.1, 0.15) is 11.3 Å². The lowest BCUT2D eigenvalue weighted by Crippen LogP contribution is -2.01. The second kappa shape index (κ2) is 2.37. The lowest BCUT2D eigenvalue weighted by Gasteiger charge is -1.81. The van der Waals surface area contributed by atoms with Crippen molar-refractivity contribution in [3.05, 3.63) is 17.5 Å². The van der Waals surface area contributed by atoms with E-state index in [1.807, 2.05) is 0 Å². The van der Waals surface area contributed by atoms with E-state index in [4.69, 9.17) is 4.52 Å². The summed E-state index contributed by atoms with van der Waals surface area (Å²) in [5.41, 5.74) is 2.26. The van der Waals surface area contributed by atoms with Crippen LogP contribution in [0.15, 0.2) is 10.8 Å². The van der Waals surface area contributed by atoms with Gasteiger partial charge in [-0.15, -0.1) is 12.4 Å². The maximum atomic E-state index is 4.70. The van der Waals surface area contributed by atoms with Gasteiger partial charge in [0.25, 0.3) is 0 Å². The van der Waals surface area contributed by atoms with Gasteiger partial charge in [0.15, 0.2) is 0 Å². The number of halogens is 1. The van der Waals surface area contributed by atoms with Gasteiger partial charge in [-0.3, -0.25) is 0 Å². The van der Waals surface area contributed by atoms with Crippen LogP contribution < -0.4 is 5.32 Å². The van der Waals surface area contributed by atoms with E-state index >= 15 is 0 Å². The van der Waals surface area contributed by atoms with E-state index < -0.39 is 0 Å². The topological polar surface area (TPSA) is 38.1 Å². The van der Waals surface area contributed by atoms with Crippen LogP contribution in [0.5, 0.6) is 0 Å². The first-order valence-corrected chi connectivity index (χ1v) is 2.59. The summed E-state index contributed by atoms with van der Waals surface area (Å²) in [6.45, 7) is 1.78. The Balaban J connectivity index is 0.000000405. The van der Waals surface area contributed by atoms with Crippen LogP contribution >= 0.6 is 12.4 Å². The lowest BCUT2D eigenvalue weighted by atomic mass is 10.3. The van der Waals surface area contributed by atoms with Crippen LogP contribution in [0.25, 0.3) is 0 Å². The molecule has 0 amide bonds. The molecule has 2 rings (SSSR count). The van der Waals surface area contributed by atoms with Crippen molar-refractivity contribution in [2.45, 2.75) is 13.1 Å². The number of hydrogen-bond acceptors (Lipinski definition) is 3. The van der Waals surface area contributed by atoms with Crippen molar-refractivity contribution in [3.63, 3.8) is 0 Å². The molecule has 1 aliphatic rings. The number of nitrogens with one attached hydrogen (secondary N) is 1. The van der Waals surface area contributed by atoms with E-state index in [0.29, 0.717) is 0 Å². The Kier molecular flexibility index (Phi) is 1.73. The average Bonchev–Trinajstić information content (AvgIpc) is 2.15. The molecule has 0 unspecified atom stereocenters. The van der Waals surface area contributed by atoms with Crippen LogP contribution in [0.4, 0.5) is 0 Å². The summed E-state index contributed by atoms with van der Waals surface area (Å²) >= 11 is 0. The molecule has 0 atom stereocenters. The molecule has 9 heavy (non-hydrogen) atoms. The monoisotopic (exact) mass is 146 g/mol. The molecule has 1 aliphatic heterocycles. The van der Waals surface area contributed by atoms with Crippen LogP contribution in [0, 0.1) is 0 Å². The Labute approximate surface area is 58.8 Å². The van der Waals surface area contributed by atoms with Gasteiger partial charge in [0.1, 0.15) is 12.0 Å². The smallest absolute Gasteiger partial charge is 0.128 e. The second-order valence-electron chi connectivity index (χ2n) is 1.89. The van der Waals surface area contributed by atoms with Crippen molar-refractivity contribution < 1.29 is 4.52 Å². The highest BCUT2D eigenvalue weighted by Gasteiger charge is 2.12. The van der Waals surface area contributed by atoms with Gasteiger partial charge in [-0.05, 0) is 0 Å². The number of rotatable bonds is 0. The zero-order valence-electron chi connectivity index (χ0n) is 4.76. The Bertz CT molecular complexity index is 180. The average molecular weight is 147 g/mol. The summed E-state index contributed by atoms with van der Waals surface area (Å²) in [6, 6.07) is 0. The zero-order valence-corrected chi connectivity index (χ0v) is 5.57. The molecule has 0 saturated carbocycles. The molecule has 4 heteroatoms. The van der Waals surface area contributed by atoms with Gasteiger partial charge >= 0.3 is 0 Å². The first kappa shape index (κ1) is 6.58. The summed E-state index contributed by atoms with van der Waals surface area (Å²) in [5, 5.41) is 6.90. The summed E-state index contributed by atoms with van der Waals surface area (Å²) in [5.74, 6) is 0. The van der Waals surface area contributed by atoms with Gasteiger partial charge in [-0.2, -0.15) is 0 Å². The predicted octanol–water partition coefficient (Wildman–Crippen LogP) is 0.700.